The Morgan fingerprint density at radius 3 is 2.22 bits per heavy atom. The second-order valence-electron chi connectivity index (χ2n) is 6.05. The molecule has 1 amide bonds. The predicted octanol–water partition coefficient (Wildman–Crippen LogP) is -2.30. The fourth-order valence-corrected chi connectivity index (χ4v) is 2.19. The molecule has 2 atom stereocenters. The van der Waals surface area contributed by atoms with Crippen LogP contribution in [0.3, 0.4) is 0 Å². The molecule has 0 bridgehead atoms. The van der Waals surface area contributed by atoms with Crippen LogP contribution in [0.5, 0.6) is 0 Å². The van der Waals surface area contributed by atoms with Gasteiger partial charge in [-0.3, -0.25) is 10.2 Å². The number of rotatable bonds is 5. The SMILES string of the molecule is BC(C)C(NNC(=O)c1ccccc1)C(B)(B)B. The number of hydrogen-bond donors (Lipinski definition) is 2. The van der Waals surface area contributed by atoms with E-state index in [9.17, 15) is 4.79 Å². The van der Waals surface area contributed by atoms with Crippen molar-refractivity contribution in [2.75, 3.05) is 0 Å². The van der Waals surface area contributed by atoms with Crippen molar-refractivity contribution in [2.24, 2.45) is 0 Å². The van der Waals surface area contributed by atoms with Crippen LogP contribution in [0.1, 0.15) is 17.3 Å². The van der Waals surface area contributed by atoms with Crippen LogP contribution < -0.4 is 10.9 Å². The summed E-state index contributed by atoms with van der Waals surface area (Å²) in [6, 6.07) is 9.45. The van der Waals surface area contributed by atoms with Crippen LogP contribution in [0, 0.1) is 0 Å². The molecule has 2 unspecified atom stereocenters. The number of hydrogen-bond acceptors (Lipinski definition) is 2. The molecule has 7 heteroatoms. The lowest BCUT2D eigenvalue weighted by atomic mass is 9.37. The summed E-state index contributed by atoms with van der Waals surface area (Å²) in [6.07, 6.45) is 0. The zero-order valence-electron chi connectivity index (χ0n) is 11.9. The van der Waals surface area contributed by atoms with E-state index in [0.717, 1.165) is 0 Å². The van der Waals surface area contributed by atoms with Crippen LogP contribution in [0.15, 0.2) is 30.3 Å². The molecule has 1 aromatic rings. The van der Waals surface area contributed by atoms with Gasteiger partial charge in [-0.05, 0) is 12.1 Å². The Kier molecular flexibility index (Phi) is 5.14. The molecule has 18 heavy (non-hydrogen) atoms. The van der Waals surface area contributed by atoms with Gasteiger partial charge in [0.05, 0.1) is 23.5 Å². The summed E-state index contributed by atoms with van der Waals surface area (Å²) in [5.41, 5.74) is 6.62. The lowest BCUT2D eigenvalue weighted by Gasteiger charge is -2.35. The van der Waals surface area contributed by atoms with Crippen molar-refractivity contribution in [2.45, 2.75) is 23.9 Å². The molecule has 0 saturated heterocycles. The monoisotopic (exact) mass is 240 g/mol. The van der Waals surface area contributed by atoms with Crippen molar-refractivity contribution in [3.05, 3.63) is 35.9 Å². The third kappa shape index (κ3) is 4.30. The molecule has 1 aromatic carbocycles. The maximum atomic E-state index is 11.9. The van der Waals surface area contributed by atoms with Crippen LogP contribution in [0.4, 0.5) is 0 Å². The number of carbonyl (C=O) groups is 1. The first-order chi connectivity index (χ1) is 8.32. The Hall–Kier alpha value is -1.09. The summed E-state index contributed by atoms with van der Waals surface area (Å²) in [5, 5.41) is 0.0954. The Labute approximate surface area is 113 Å². The van der Waals surface area contributed by atoms with Crippen LogP contribution in [0.2, 0.25) is 10.9 Å². The Morgan fingerprint density at radius 1 is 1.22 bits per heavy atom. The molecule has 0 aliphatic carbocycles. The summed E-state index contributed by atoms with van der Waals surface area (Å²) < 4.78 is 0. The summed E-state index contributed by atoms with van der Waals surface area (Å²) in [4.78, 5) is 11.9. The van der Waals surface area contributed by atoms with Gasteiger partial charge in [0.15, 0.2) is 0 Å². The van der Waals surface area contributed by atoms with Gasteiger partial charge >= 0.3 is 0 Å². The fraction of sp³-hybridized carbons (Fsp3) is 0.364. The minimum Gasteiger partial charge on any atom is -0.287 e. The molecular formula is C11H20B4N2O. The Balaban J connectivity index is 2.61. The van der Waals surface area contributed by atoms with E-state index in [1.807, 2.05) is 18.2 Å². The molecule has 0 aromatic heterocycles. The topological polar surface area (TPSA) is 41.1 Å². The molecule has 1 rings (SSSR count). The quantitative estimate of drug-likeness (QED) is 0.448. The highest BCUT2D eigenvalue weighted by molar-refractivity contribution is 6.59. The lowest BCUT2D eigenvalue weighted by Crippen LogP contribution is -2.52. The zero-order valence-corrected chi connectivity index (χ0v) is 11.9. The summed E-state index contributed by atoms with van der Waals surface area (Å²) in [5.74, 6) is 0.353. The standard InChI is InChI=1S/C11H20B4N2O/c1-7(12)9(11(13,14)15)16-17-10(18)8-5-3-2-4-6-8/h2-7,9,16H,12-15H2,1H3,(H,17,18). The second kappa shape index (κ2) is 6.19. The molecule has 3 nitrogen and oxygen atoms in total. The predicted molar refractivity (Wildman–Crippen MR) is 87.1 cm³/mol. The van der Waals surface area contributed by atoms with Crippen LogP contribution >= 0.6 is 0 Å². The maximum absolute atomic E-state index is 11.9. The summed E-state index contributed by atoms with van der Waals surface area (Å²) in [6.45, 7) is 2.15. The Bertz CT molecular complexity index is 392. The van der Waals surface area contributed by atoms with Gasteiger partial charge in [0, 0.05) is 11.6 Å². The van der Waals surface area contributed by atoms with Gasteiger partial charge in [0.2, 0.25) is 0 Å². The van der Waals surface area contributed by atoms with Crippen molar-refractivity contribution >= 4 is 37.3 Å². The third-order valence-electron chi connectivity index (χ3n) is 2.98. The van der Waals surface area contributed by atoms with Crippen molar-refractivity contribution in [1.29, 1.82) is 0 Å². The van der Waals surface area contributed by atoms with E-state index in [1.165, 1.54) is 0 Å². The molecule has 0 fully saturated rings. The van der Waals surface area contributed by atoms with E-state index in [2.05, 4.69) is 49.2 Å². The zero-order chi connectivity index (χ0) is 13.8. The Morgan fingerprint density at radius 2 is 1.78 bits per heavy atom. The molecular weight excluding hydrogens is 219 g/mol. The van der Waals surface area contributed by atoms with E-state index >= 15 is 0 Å². The van der Waals surface area contributed by atoms with Gasteiger partial charge in [0.1, 0.15) is 7.85 Å². The third-order valence-corrected chi connectivity index (χ3v) is 2.98. The van der Waals surface area contributed by atoms with E-state index in [-0.39, 0.29) is 17.1 Å². The lowest BCUT2D eigenvalue weighted by molar-refractivity contribution is 0.0924. The largest absolute Gasteiger partial charge is 0.287 e. The number of amides is 1. The number of carbonyl (C=O) groups excluding carboxylic acids is 1. The van der Waals surface area contributed by atoms with Gasteiger partial charge in [-0.15, -0.1) is 0 Å². The summed E-state index contributed by atoms with van der Waals surface area (Å²) >= 11 is 0. The van der Waals surface area contributed by atoms with Crippen LogP contribution in [-0.4, -0.2) is 43.3 Å². The molecule has 0 saturated carbocycles. The number of nitrogens with one attached hydrogen (secondary N) is 2. The van der Waals surface area contributed by atoms with Crippen molar-refractivity contribution in [1.82, 2.24) is 10.9 Å². The van der Waals surface area contributed by atoms with Crippen LogP contribution in [-0.2, 0) is 0 Å². The average Bonchev–Trinajstić information content (AvgIpc) is 2.28. The van der Waals surface area contributed by atoms with Crippen LogP contribution in [0.25, 0.3) is 0 Å². The molecule has 0 heterocycles. The first-order valence-corrected chi connectivity index (χ1v) is 6.43. The molecule has 0 spiro atoms. The molecule has 0 aliphatic rings. The van der Waals surface area contributed by atoms with E-state index in [0.29, 0.717) is 11.4 Å². The van der Waals surface area contributed by atoms with Crippen molar-refractivity contribution in [3.8, 4) is 0 Å². The molecule has 0 aliphatic heterocycles. The highest BCUT2D eigenvalue weighted by atomic mass is 16.2. The number of hydrazine groups is 1. The second-order valence-corrected chi connectivity index (χ2v) is 6.05. The maximum Gasteiger partial charge on any atom is 0.265 e. The molecule has 2 N–H and O–H groups in total. The minimum atomic E-state index is -0.0921. The highest BCUT2D eigenvalue weighted by Gasteiger charge is 2.27. The van der Waals surface area contributed by atoms with Crippen molar-refractivity contribution < 1.29 is 4.79 Å². The molecule has 92 valence electrons. The van der Waals surface area contributed by atoms with Gasteiger partial charge in [0.25, 0.3) is 5.91 Å². The van der Waals surface area contributed by atoms with E-state index in [1.54, 1.807) is 12.1 Å². The minimum absolute atomic E-state index is 0.0921. The smallest absolute Gasteiger partial charge is 0.265 e. The van der Waals surface area contributed by atoms with E-state index in [4.69, 9.17) is 0 Å². The van der Waals surface area contributed by atoms with Crippen molar-refractivity contribution in [3.63, 3.8) is 0 Å². The first kappa shape index (κ1) is 15.0. The van der Waals surface area contributed by atoms with Gasteiger partial charge in [-0.1, -0.05) is 36.1 Å². The van der Waals surface area contributed by atoms with Gasteiger partial charge in [-0.2, -0.15) is 0 Å². The van der Waals surface area contributed by atoms with E-state index < -0.39 is 0 Å². The number of benzene rings is 1. The summed E-state index contributed by atoms with van der Waals surface area (Å²) in [7, 11) is 8.65. The molecule has 0 radical (unpaired) electrons. The fourth-order valence-electron chi connectivity index (χ4n) is 2.19. The highest BCUT2D eigenvalue weighted by Crippen LogP contribution is 2.23. The van der Waals surface area contributed by atoms with Gasteiger partial charge < -0.3 is 0 Å². The average molecular weight is 240 g/mol. The van der Waals surface area contributed by atoms with Gasteiger partial charge in [-0.25, -0.2) is 5.43 Å². The normalized spacial score (nSPS) is 14.7. The first-order valence-electron chi connectivity index (χ1n) is 6.43.